The Labute approximate surface area is 165 Å². The van der Waals surface area contributed by atoms with E-state index in [0.29, 0.717) is 23.0 Å². The molecular weight excluding hydrogens is 360 g/mol. The Balaban J connectivity index is 1.60. The lowest BCUT2D eigenvalue weighted by atomic mass is 9.84. The highest BCUT2D eigenvalue weighted by molar-refractivity contribution is 6.30. The van der Waals surface area contributed by atoms with Crippen LogP contribution in [0.4, 0.5) is 5.69 Å². The summed E-state index contributed by atoms with van der Waals surface area (Å²) in [7, 11) is 0. The van der Waals surface area contributed by atoms with Gasteiger partial charge in [0.2, 0.25) is 0 Å². The Kier molecular flexibility index (Phi) is 6.73. The molecular formula is C22H23ClN2O2. The molecule has 0 radical (unpaired) electrons. The minimum Gasteiger partial charge on any atom is -0.483 e. The zero-order valence-electron chi connectivity index (χ0n) is 15.2. The number of amides is 1. The third-order valence-electron chi connectivity index (χ3n) is 4.90. The lowest BCUT2D eigenvalue weighted by Crippen LogP contribution is -2.21. The first-order valence-electron chi connectivity index (χ1n) is 9.33. The van der Waals surface area contributed by atoms with Crippen molar-refractivity contribution in [3.8, 4) is 11.8 Å². The topological polar surface area (TPSA) is 62.1 Å². The fourth-order valence-electron chi connectivity index (χ4n) is 3.52. The third-order valence-corrected chi connectivity index (χ3v) is 5.13. The molecule has 0 aliphatic heterocycles. The SMILES string of the molecule is N#CCc1ccc(NC(=O)COc2ccc(Cl)cc2C2CCCCC2)cc1. The van der Waals surface area contributed by atoms with Gasteiger partial charge in [0, 0.05) is 10.7 Å². The van der Waals surface area contributed by atoms with E-state index in [1.54, 1.807) is 18.2 Å². The molecule has 2 aromatic carbocycles. The number of rotatable bonds is 6. The van der Waals surface area contributed by atoms with Crippen LogP contribution in [0.3, 0.4) is 0 Å². The molecule has 140 valence electrons. The molecule has 0 spiro atoms. The van der Waals surface area contributed by atoms with Crippen LogP contribution in [0.25, 0.3) is 0 Å². The second-order valence-electron chi connectivity index (χ2n) is 6.89. The average molecular weight is 383 g/mol. The number of halogens is 1. The quantitative estimate of drug-likeness (QED) is 0.720. The molecule has 2 aromatic rings. The van der Waals surface area contributed by atoms with Gasteiger partial charge in [-0.1, -0.05) is 43.0 Å². The van der Waals surface area contributed by atoms with E-state index in [1.807, 2.05) is 24.3 Å². The molecule has 3 rings (SSSR count). The molecule has 4 nitrogen and oxygen atoms in total. The van der Waals surface area contributed by atoms with Crippen molar-refractivity contribution in [3.63, 3.8) is 0 Å². The maximum absolute atomic E-state index is 12.2. The Morgan fingerprint density at radius 3 is 2.59 bits per heavy atom. The highest BCUT2D eigenvalue weighted by atomic mass is 35.5. The van der Waals surface area contributed by atoms with Gasteiger partial charge in [0.1, 0.15) is 5.75 Å². The summed E-state index contributed by atoms with van der Waals surface area (Å²) < 4.78 is 5.83. The highest BCUT2D eigenvalue weighted by Gasteiger charge is 2.20. The Hall–Kier alpha value is -2.51. The summed E-state index contributed by atoms with van der Waals surface area (Å²) in [6.45, 7) is -0.0543. The predicted octanol–water partition coefficient (Wildman–Crippen LogP) is 5.47. The molecule has 0 heterocycles. The molecule has 0 atom stereocenters. The standard InChI is InChI=1S/C22H23ClN2O2/c23-18-8-11-21(20(14-18)17-4-2-1-3-5-17)27-15-22(26)25-19-9-6-16(7-10-19)12-13-24/h6-11,14,17H,1-5,12,15H2,(H,25,26). The molecule has 27 heavy (non-hydrogen) atoms. The van der Waals surface area contributed by atoms with E-state index in [2.05, 4.69) is 11.4 Å². The number of carbonyl (C=O) groups excluding carboxylic acids is 1. The summed E-state index contributed by atoms with van der Waals surface area (Å²) in [6.07, 6.45) is 6.36. The van der Waals surface area contributed by atoms with Crippen molar-refractivity contribution in [1.82, 2.24) is 0 Å². The van der Waals surface area contributed by atoms with Crippen LogP contribution in [-0.4, -0.2) is 12.5 Å². The summed E-state index contributed by atoms with van der Waals surface area (Å²) in [5.41, 5.74) is 2.72. The van der Waals surface area contributed by atoms with Gasteiger partial charge in [0.25, 0.3) is 5.91 Å². The Bertz CT molecular complexity index is 821. The largest absolute Gasteiger partial charge is 0.483 e. The number of carbonyl (C=O) groups is 1. The second kappa shape index (κ2) is 9.43. The number of hydrogen-bond acceptors (Lipinski definition) is 3. The highest BCUT2D eigenvalue weighted by Crippen LogP contribution is 2.38. The molecule has 0 saturated heterocycles. The smallest absolute Gasteiger partial charge is 0.262 e. The van der Waals surface area contributed by atoms with Crippen molar-refractivity contribution in [3.05, 3.63) is 58.6 Å². The van der Waals surface area contributed by atoms with Crippen LogP contribution in [-0.2, 0) is 11.2 Å². The fourth-order valence-corrected chi connectivity index (χ4v) is 3.70. The maximum atomic E-state index is 12.2. The van der Waals surface area contributed by atoms with Crippen LogP contribution in [0.5, 0.6) is 5.75 Å². The van der Waals surface area contributed by atoms with Crippen LogP contribution < -0.4 is 10.1 Å². The van der Waals surface area contributed by atoms with Crippen molar-refractivity contribution >= 4 is 23.2 Å². The molecule has 0 bridgehead atoms. The second-order valence-corrected chi connectivity index (χ2v) is 7.32. The average Bonchev–Trinajstić information content (AvgIpc) is 2.69. The number of nitrogens with one attached hydrogen (secondary N) is 1. The van der Waals surface area contributed by atoms with Gasteiger partial charge in [-0.15, -0.1) is 0 Å². The summed E-state index contributed by atoms with van der Waals surface area (Å²) in [5.74, 6) is 0.974. The summed E-state index contributed by atoms with van der Waals surface area (Å²) in [5, 5.41) is 12.2. The van der Waals surface area contributed by atoms with Gasteiger partial charge < -0.3 is 10.1 Å². The summed E-state index contributed by atoms with van der Waals surface area (Å²) >= 11 is 6.19. The minimum absolute atomic E-state index is 0.0543. The zero-order chi connectivity index (χ0) is 19.1. The van der Waals surface area contributed by atoms with Gasteiger partial charge in [0.15, 0.2) is 6.61 Å². The van der Waals surface area contributed by atoms with Crippen LogP contribution in [0.2, 0.25) is 5.02 Å². The monoisotopic (exact) mass is 382 g/mol. The molecule has 0 aromatic heterocycles. The van der Waals surface area contributed by atoms with Gasteiger partial charge in [-0.3, -0.25) is 4.79 Å². The molecule has 1 amide bonds. The molecule has 0 unspecified atom stereocenters. The van der Waals surface area contributed by atoms with Gasteiger partial charge in [-0.25, -0.2) is 0 Å². The lowest BCUT2D eigenvalue weighted by molar-refractivity contribution is -0.118. The van der Waals surface area contributed by atoms with Crippen molar-refractivity contribution in [2.24, 2.45) is 0 Å². The van der Waals surface area contributed by atoms with Crippen molar-refractivity contribution in [2.75, 3.05) is 11.9 Å². The number of ether oxygens (including phenoxy) is 1. The van der Waals surface area contributed by atoms with Gasteiger partial charge in [0.05, 0.1) is 12.5 Å². The van der Waals surface area contributed by atoms with Crippen molar-refractivity contribution in [1.29, 1.82) is 5.26 Å². The maximum Gasteiger partial charge on any atom is 0.262 e. The molecule has 1 aliphatic carbocycles. The summed E-state index contributed by atoms with van der Waals surface area (Å²) in [4.78, 5) is 12.2. The number of nitrogens with zero attached hydrogens (tertiary/aromatic N) is 1. The van der Waals surface area contributed by atoms with Crippen molar-refractivity contribution in [2.45, 2.75) is 44.4 Å². The van der Waals surface area contributed by atoms with E-state index in [1.165, 1.54) is 19.3 Å². The first-order valence-corrected chi connectivity index (χ1v) is 9.71. The zero-order valence-corrected chi connectivity index (χ0v) is 16.0. The number of anilines is 1. The molecule has 1 aliphatic rings. The molecule has 1 saturated carbocycles. The fraction of sp³-hybridized carbons (Fsp3) is 0.364. The Morgan fingerprint density at radius 2 is 1.89 bits per heavy atom. The van der Waals surface area contributed by atoms with Crippen LogP contribution in [0, 0.1) is 11.3 Å². The van der Waals surface area contributed by atoms with Gasteiger partial charge >= 0.3 is 0 Å². The van der Waals surface area contributed by atoms with Crippen LogP contribution >= 0.6 is 11.6 Å². The lowest BCUT2D eigenvalue weighted by Gasteiger charge is -2.24. The predicted molar refractivity (Wildman–Crippen MR) is 107 cm³/mol. The number of hydrogen-bond donors (Lipinski definition) is 1. The number of benzene rings is 2. The van der Waals surface area contributed by atoms with E-state index < -0.39 is 0 Å². The van der Waals surface area contributed by atoms with E-state index in [-0.39, 0.29) is 12.5 Å². The van der Waals surface area contributed by atoms with E-state index >= 15 is 0 Å². The third kappa shape index (κ3) is 5.48. The Morgan fingerprint density at radius 1 is 1.15 bits per heavy atom. The normalized spacial score (nSPS) is 14.4. The van der Waals surface area contributed by atoms with Gasteiger partial charge in [-0.2, -0.15) is 5.26 Å². The van der Waals surface area contributed by atoms with E-state index in [4.69, 9.17) is 21.6 Å². The molecule has 1 N–H and O–H groups in total. The summed E-state index contributed by atoms with van der Waals surface area (Å²) in [6, 6.07) is 15.0. The van der Waals surface area contributed by atoms with Crippen LogP contribution in [0.15, 0.2) is 42.5 Å². The van der Waals surface area contributed by atoms with Gasteiger partial charge in [-0.05, 0) is 60.2 Å². The van der Waals surface area contributed by atoms with Crippen molar-refractivity contribution < 1.29 is 9.53 Å². The first kappa shape index (κ1) is 19.3. The van der Waals surface area contributed by atoms with E-state index in [0.717, 1.165) is 29.7 Å². The van der Waals surface area contributed by atoms with Crippen LogP contribution in [0.1, 0.15) is 49.1 Å². The van der Waals surface area contributed by atoms with E-state index in [9.17, 15) is 4.79 Å². The minimum atomic E-state index is -0.215. The first-order chi connectivity index (χ1) is 13.2. The number of nitriles is 1. The molecule has 1 fully saturated rings. The molecule has 5 heteroatoms.